The molecule has 4 N–H and O–H groups in total. The molecule has 0 fully saturated rings. The second-order valence-corrected chi connectivity index (χ2v) is 4.49. The molecular formula is C13H12N4S. The average Bonchev–Trinajstić information content (AvgIpc) is 2.37. The third-order valence-electron chi connectivity index (χ3n) is 2.90. The zero-order valence-corrected chi connectivity index (χ0v) is 10.4. The topological polar surface area (TPSA) is 62.4 Å². The highest BCUT2D eigenvalue weighted by Gasteiger charge is 2.18. The van der Waals surface area contributed by atoms with Crippen molar-refractivity contribution in [1.82, 2.24) is 10.6 Å². The SMILES string of the molecule is NC1=N[C@H](c2cccc3ccccc23)NC(=S)N1. The van der Waals surface area contributed by atoms with Gasteiger partial charge in [-0.1, -0.05) is 42.5 Å². The molecule has 18 heavy (non-hydrogen) atoms. The Morgan fingerprint density at radius 1 is 1.11 bits per heavy atom. The van der Waals surface area contributed by atoms with E-state index in [-0.39, 0.29) is 6.17 Å². The van der Waals surface area contributed by atoms with E-state index in [1.165, 1.54) is 5.39 Å². The van der Waals surface area contributed by atoms with Crippen LogP contribution in [0.5, 0.6) is 0 Å². The van der Waals surface area contributed by atoms with Crippen molar-refractivity contribution in [2.24, 2.45) is 10.7 Å². The number of fused-ring (bicyclic) bond motifs is 1. The lowest BCUT2D eigenvalue weighted by atomic mass is 10.0. The van der Waals surface area contributed by atoms with E-state index in [2.05, 4.69) is 33.8 Å². The van der Waals surface area contributed by atoms with E-state index < -0.39 is 0 Å². The first-order chi connectivity index (χ1) is 8.74. The van der Waals surface area contributed by atoms with Crippen molar-refractivity contribution in [2.45, 2.75) is 6.17 Å². The second kappa shape index (κ2) is 4.27. The Labute approximate surface area is 110 Å². The van der Waals surface area contributed by atoms with E-state index in [0.717, 1.165) is 10.9 Å². The number of rotatable bonds is 1. The van der Waals surface area contributed by atoms with Gasteiger partial charge in [-0.15, -0.1) is 0 Å². The van der Waals surface area contributed by atoms with Gasteiger partial charge < -0.3 is 16.4 Å². The van der Waals surface area contributed by atoms with Crippen molar-refractivity contribution in [3.63, 3.8) is 0 Å². The van der Waals surface area contributed by atoms with Gasteiger partial charge in [0, 0.05) is 5.56 Å². The third kappa shape index (κ3) is 1.89. The van der Waals surface area contributed by atoms with Gasteiger partial charge in [-0.05, 0) is 23.0 Å². The van der Waals surface area contributed by atoms with Gasteiger partial charge in [0.1, 0.15) is 0 Å². The Hall–Kier alpha value is -2.14. The molecular weight excluding hydrogens is 244 g/mol. The molecule has 0 saturated heterocycles. The van der Waals surface area contributed by atoms with Gasteiger partial charge in [-0.3, -0.25) is 0 Å². The zero-order valence-electron chi connectivity index (χ0n) is 9.55. The van der Waals surface area contributed by atoms with Crippen LogP contribution in [0, 0.1) is 0 Å². The molecule has 0 spiro atoms. The van der Waals surface area contributed by atoms with Crippen LogP contribution in [0.1, 0.15) is 11.7 Å². The number of benzene rings is 2. The van der Waals surface area contributed by atoms with E-state index in [1.807, 2.05) is 24.3 Å². The molecule has 0 aromatic heterocycles. The van der Waals surface area contributed by atoms with Crippen molar-refractivity contribution in [3.05, 3.63) is 48.0 Å². The molecule has 1 aliphatic heterocycles. The first-order valence-corrected chi connectivity index (χ1v) is 6.03. The van der Waals surface area contributed by atoms with Gasteiger partial charge in [-0.25, -0.2) is 4.99 Å². The number of aliphatic imine (C=N–C) groups is 1. The van der Waals surface area contributed by atoms with Crippen molar-refractivity contribution < 1.29 is 0 Å². The maximum absolute atomic E-state index is 5.71. The predicted molar refractivity (Wildman–Crippen MR) is 77.2 cm³/mol. The minimum Gasteiger partial charge on any atom is -0.370 e. The summed E-state index contributed by atoms with van der Waals surface area (Å²) in [4.78, 5) is 4.34. The van der Waals surface area contributed by atoms with Gasteiger partial charge in [-0.2, -0.15) is 0 Å². The molecule has 0 bridgehead atoms. The summed E-state index contributed by atoms with van der Waals surface area (Å²) in [5.41, 5.74) is 6.78. The minimum absolute atomic E-state index is 0.232. The molecule has 2 aromatic rings. The Balaban J connectivity index is 2.14. The lowest BCUT2D eigenvalue weighted by Crippen LogP contribution is -2.49. The van der Waals surface area contributed by atoms with Gasteiger partial charge in [0.2, 0.25) is 0 Å². The predicted octanol–water partition coefficient (Wildman–Crippen LogP) is 1.63. The molecule has 5 heteroatoms. The quantitative estimate of drug-likeness (QED) is 0.679. The lowest BCUT2D eigenvalue weighted by Gasteiger charge is -2.24. The van der Waals surface area contributed by atoms with E-state index in [0.29, 0.717) is 11.1 Å². The number of nitrogens with one attached hydrogen (secondary N) is 2. The number of nitrogens with two attached hydrogens (primary N) is 1. The highest BCUT2D eigenvalue weighted by atomic mass is 32.1. The number of nitrogens with zero attached hydrogens (tertiary/aromatic N) is 1. The molecule has 0 saturated carbocycles. The summed E-state index contributed by atoms with van der Waals surface area (Å²) in [6, 6.07) is 14.3. The molecule has 1 atom stereocenters. The van der Waals surface area contributed by atoms with Crippen LogP contribution >= 0.6 is 12.2 Å². The number of hydrogen-bond donors (Lipinski definition) is 3. The van der Waals surface area contributed by atoms with Crippen LogP contribution in [0.25, 0.3) is 10.8 Å². The summed E-state index contributed by atoms with van der Waals surface area (Å²) >= 11 is 5.10. The number of thiocarbonyl (C=S) groups is 1. The molecule has 0 radical (unpaired) electrons. The maximum Gasteiger partial charge on any atom is 0.197 e. The standard InChI is InChI=1S/C13H12N4S/c14-12-15-11(16-13(18)17-12)10-7-3-5-8-4-1-2-6-9(8)10/h1-7,11H,(H4,14,15,16,17,18)/t11-/m0/s1. The van der Waals surface area contributed by atoms with Crippen molar-refractivity contribution in [3.8, 4) is 0 Å². The summed E-state index contributed by atoms with van der Waals surface area (Å²) in [6.45, 7) is 0. The lowest BCUT2D eigenvalue weighted by molar-refractivity contribution is 0.665. The van der Waals surface area contributed by atoms with Crippen LogP contribution in [0.2, 0.25) is 0 Å². The molecule has 1 heterocycles. The first kappa shape index (κ1) is 11.0. The normalized spacial score (nSPS) is 19.0. The smallest absolute Gasteiger partial charge is 0.197 e. The molecule has 3 rings (SSSR count). The van der Waals surface area contributed by atoms with Crippen LogP contribution in [0.4, 0.5) is 0 Å². The fourth-order valence-corrected chi connectivity index (χ4v) is 2.33. The molecule has 4 nitrogen and oxygen atoms in total. The highest BCUT2D eigenvalue weighted by molar-refractivity contribution is 7.80. The number of hydrogen-bond acceptors (Lipinski definition) is 3. The van der Waals surface area contributed by atoms with Crippen LogP contribution in [0.3, 0.4) is 0 Å². The summed E-state index contributed by atoms with van der Waals surface area (Å²) in [5.74, 6) is 0.344. The molecule has 0 amide bonds. The fraction of sp³-hybridized carbons (Fsp3) is 0.0769. The fourth-order valence-electron chi connectivity index (χ4n) is 2.12. The van der Waals surface area contributed by atoms with Crippen molar-refractivity contribution in [1.29, 1.82) is 0 Å². The van der Waals surface area contributed by atoms with E-state index in [1.54, 1.807) is 0 Å². The molecule has 90 valence electrons. The van der Waals surface area contributed by atoms with Crippen LogP contribution in [0.15, 0.2) is 47.5 Å². The Kier molecular flexibility index (Phi) is 2.60. The molecule has 0 unspecified atom stereocenters. The molecule has 2 aromatic carbocycles. The Morgan fingerprint density at radius 2 is 1.89 bits per heavy atom. The summed E-state index contributed by atoms with van der Waals surface area (Å²) in [6.07, 6.45) is -0.232. The van der Waals surface area contributed by atoms with Crippen molar-refractivity contribution in [2.75, 3.05) is 0 Å². The van der Waals surface area contributed by atoms with Gasteiger partial charge in [0.05, 0.1) is 0 Å². The third-order valence-corrected chi connectivity index (χ3v) is 3.12. The maximum atomic E-state index is 5.71. The van der Waals surface area contributed by atoms with E-state index in [4.69, 9.17) is 18.0 Å². The van der Waals surface area contributed by atoms with Gasteiger partial charge in [0.15, 0.2) is 17.2 Å². The van der Waals surface area contributed by atoms with Crippen LogP contribution in [-0.4, -0.2) is 11.1 Å². The zero-order chi connectivity index (χ0) is 12.5. The Bertz CT molecular complexity index is 645. The van der Waals surface area contributed by atoms with E-state index in [9.17, 15) is 0 Å². The van der Waals surface area contributed by atoms with Crippen LogP contribution in [-0.2, 0) is 0 Å². The molecule has 0 aliphatic carbocycles. The highest BCUT2D eigenvalue weighted by Crippen LogP contribution is 2.25. The van der Waals surface area contributed by atoms with E-state index >= 15 is 0 Å². The largest absolute Gasteiger partial charge is 0.370 e. The summed E-state index contributed by atoms with van der Waals surface area (Å²) < 4.78 is 0. The average molecular weight is 256 g/mol. The monoisotopic (exact) mass is 256 g/mol. The van der Waals surface area contributed by atoms with Gasteiger partial charge in [0.25, 0.3) is 0 Å². The van der Waals surface area contributed by atoms with Gasteiger partial charge >= 0.3 is 0 Å². The van der Waals surface area contributed by atoms with Crippen LogP contribution < -0.4 is 16.4 Å². The molecule has 1 aliphatic rings. The summed E-state index contributed by atoms with van der Waals surface area (Å²) in [7, 11) is 0. The second-order valence-electron chi connectivity index (χ2n) is 4.08. The Morgan fingerprint density at radius 3 is 2.72 bits per heavy atom. The minimum atomic E-state index is -0.232. The first-order valence-electron chi connectivity index (χ1n) is 5.62. The van der Waals surface area contributed by atoms with Crippen molar-refractivity contribution >= 4 is 34.1 Å². The number of guanidine groups is 1. The summed E-state index contributed by atoms with van der Waals surface area (Å²) in [5, 5.41) is 8.71.